The van der Waals surface area contributed by atoms with Gasteiger partial charge in [-0.15, -0.1) is 0 Å². The number of nitrogens with one attached hydrogen (secondary N) is 1. The van der Waals surface area contributed by atoms with Crippen LogP contribution in [0.4, 0.5) is 0 Å². The highest BCUT2D eigenvalue weighted by molar-refractivity contribution is 7.91. The van der Waals surface area contributed by atoms with E-state index in [4.69, 9.17) is 0 Å². The number of sulfone groups is 1. The van der Waals surface area contributed by atoms with E-state index < -0.39 is 9.84 Å². The summed E-state index contributed by atoms with van der Waals surface area (Å²) in [6.45, 7) is 5.14. The lowest BCUT2D eigenvalue weighted by Crippen LogP contribution is -2.29. The molecule has 2 unspecified atom stereocenters. The van der Waals surface area contributed by atoms with Crippen LogP contribution in [0, 0.1) is 5.92 Å². The average Bonchev–Trinajstić information content (AvgIpc) is 2.83. The van der Waals surface area contributed by atoms with Crippen molar-refractivity contribution in [1.82, 2.24) is 5.32 Å². The monoisotopic (exact) mass is 309 g/mol. The lowest BCUT2D eigenvalue weighted by Gasteiger charge is -2.24. The van der Waals surface area contributed by atoms with Crippen LogP contribution in [0.25, 0.3) is 0 Å². The summed E-state index contributed by atoms with van der Waals surface area (Å²) < 4.78 is 23.5. The predicted octanol–water partition coefficient (Wildman–Crippen LogP) is 3.11. The molecule has 118 valence electrons. The molecule has 1 aromatic rings. The first kappa shape index (κ1) is 16.5. The molecule has 1 aliphatic heterocycles. The molecule has 1 aromatic carbocycles. The summed E-state index contributed by atoms with van der Waals surface area (Å²) in [4.78, 5) is 0. The minimum atomic E-state index is -2.83. The minimum Gasteiger partial charge on any atom is -0.310 e. The van der Waals surface area contributed by atoms with Crippen LogP contribution in [0.2, 0.25) is 0 Å². The summed E-state index contributed by atoms with van der Waals surface area (Å²) >= 11 is 0. The Morgan fingerprint density at radius 3 is 2.48 bits per heavy atom. The number of rotatable bonds is 7. The zero-order valence-corrected chi connectivity index (χ0v) is 14.0. The highest BCUT2D eigenvalue weighted by Crippen LogP contribution is 2.31. The van der Waals surface area contributed by atoms with Crippen LogP contribution in [0.5, 0.6) is 0 Å². The van der Waals surface area contributed by atoms with Crippen molar-refractivity contribution in [3.05, 3.63) is 35.4 Å². The molecule has 1 N–H and O–H groups in total. The Morgan fingerprint density at radius 1 is 1.24 bits per heavy atom. The summed E-state index contributed by atoms with van der Waals surface area (Å²) in [6.07, 6.45) is 4.33. The van der Waals surface area contributed by atoms with Gasteiger partial charge in [-0.25, -0.2) is 8.42 Å². The van der Waals surface area contributed by atoms with Gasteiger partial charge in [0.25, 0.3) is 0 Å². The topological polar surface area (TPSA) is 46.2 Å². The first-order chi connectivity index (χ1) is 10.1. The second-order valence-corrected chi connectivity index (χ2v) is 8.27. The first-order valence-corrected chi connectivity index (χ1v) is 9.90. The lowest BCUT2D eigenvalue weighted by atomic mass is 9.91. The first-order valence-electron chi connectivity index (χ1n) is 8.08. The molecule has 1 heterocycles. The zero-order valence-electron chi connectivity index (χ0n) is 13.1. The van der Waals surface area contributed by atoms with Gasteiger partial charge in [-0.1, -0.05) is 44.5 Å². The molecule has 1 aliphatic rings. The molecule has 0 radical (unpaired) electrons. The maximum atomic E-state index is 11.7. The van der Waals surface area contributed by atoms with E-state index in [9.17, 15) is 8.42 Å². The third kappa shape index (κ3) is 4.55. The largest absolute Gasteiger partial charge is 0.310 e. The SMILES string of the molecule is CCCCc1ccc(C(NCC)C2CCS(=O)(=O)C2)cc1. The Balaban J connectivity index is 2.11. The third-order valence-corrected chi connectivity index (χ3v) is 6.11. The number of benzene rings is 1. The fraction of sp³-hybridized carbons (Fsp3) is 0.647. The Morgan fingerprint density at radius 2 is 1.95 bits per heavy atom. The molecule has 0 amide bonds. The van der Waals surface area contributed by atoms with Gasteiger partial charge in [0.05, 0.1) is 11.5 Å². The zero-order chi connectivity index (χ0) is 15.3. The summed E-state index contributed by atoms with van der Waals surface area (Å²) in [5.74, 6) is 0.868. The van der Waals surface area contributed by atoms with Crippen molar-refractivity contribution in [2.75, 3.05) is 18.1 Å². The molecule has 2 atom stereocenters. The van der Waals surface area contributed by atoms with Crippen molar-refractivity contribution in [3.8, 4) is 0 Å². The van der Waals surface area contributed by atoms with E-state index in [0.29, 0.717) is 11.5 Å². The van der Waals surface area contributed by atoms with Gasteiger partial charge in [0, 0.05) is 6.04 Å². The van der Waals surface area contributed by atoms with Crippen LogP contribution in [-0.4, -0.2) is 26.5 Å². The molecule has 21 heavy (non-hydrogen) atoms. The number of aryl methyl sites for hydroxylation is 1. The quantitative estimate of drug-likeness (QED) is 0.842. The highest BCUT2D eigenvalue weighted by Gasteiger charge is 2.33. The van der Waals surface area contributed by atoms with Gasteiger partial charge in [0.2, 0.25) is 0 Å². The van der Waals surface area contributed by atoms with Crippen LogP contribution < -0.4 is 5.32 Å². The van der Waals surface area contributed by atoms with Crippen LogP contribution in [0.1, 0.15) is 50.3 Å². The number of hydrogen-bond donors (Lipinski definition) is 1. The van der Waals surface area contributed by atoms with Gasteiger partial charge in [0.1, 0.15) is 0 Å². The molecule has 2 rings (SSSR count). The Labute approximate surface area is 129 Å². The van der Waals surface area contributed by atoms with Gasteiger partial charge in [0.15, 0.2) is 9.84 Å². The Bertz CT molecular complexity index is 536. The second-order valence-electron chi connectivity index (χ2n) is 6.04. The van der Waals surface area contributed by atoms with Gasteiger partial charge in [-0.2, -0.15) is 0 Å². The highest BCUT2D eigenvalue weighted by atomic mass is 32.2. The fourth-order valence-electron chi connectivity index (χ4n) is 3.14. The van der Waals surface area contributed by atoms with E-state index >= 15 is 0 Å². The Kier molecular flexibility index (Phi) is 5.82. The maximum absolute atomic E-state index is 11.7. The number of hydrogen-bond acceptors (Lipinski definition) is 3. The number of unbranched alkanes of at least 4 members (excludes halogenated alkanes) is 1. The molecule has 3 nitrogen and oxygen atoms in total. The second kappa shape index (κ2) is 7.41. The van der Waals surface area contributed by atoms with Crippen molar-refractivity contribution in [1.29, 1.82) is 0 Å². The van der Waals surface area contributed by atoms with Gasteiger partial charge < -0.3 is 5.32 Å². The lowest BCUT2D eigenvalue weighted by molar-refractivity contribution is 0.400. The molecule has 1 fully saturated rings. The molecule has 0 aliphatic carbocycles. The van der Waals surface area contributed by atoms with Crippen molar-refractivity contribution in [3.63, 3.8) is 0 Å². The van der Waals surface area contributed by atoms with Crippen molar-refractivity contribution < 1.29 is 8.42 Å². The standard InChI is InChI=1S/C17H27NO2S/c1-3-5-6-14-7-9-15(10-8-14)17(18-4-2)16-11-12-21(19,20)13-16/h7-10,16-18H,3-6,11-13H2,1-2H3. The summed E-state index contributed by atoms with van der Waals surface area (Å²) in [6, 6.07) is 8.89. The van der Waals surface area contributed by atoms with E-state index in [-0.39, 0.29) is 12.0 Å². The molecule has 0 bridgehead atoms. The van der Waals surface area contributed by atoms with Crippen LogP contribution in [0.3, 0.4) is 0 Å². The average molecular weight is 309 g/mol. The molecule has 1 saturated heterocycles. The van der Waals surface area contributed by atoms with Crippen molar-refractivity contribution in [2.45, 2.75) is 45.6 Å². The smallest absolute Gasteiger partial charge is 0.150 e. The molecule has 0 spiro atoms. The van der Waals surface area contributed by atoms with Gasteiger partial charge in [-0.05, 0) is 42.9 Å². The van der Waals surface area contributed by atoms with Crippen molar-refractivity contribution >= 4 is 9.84 Å². The van der Waals surface area contributed by atoms with Gasteiger partial charge >= 0.3 is 0 Å². The molecule has 0 saturated carbocycles. The van der Waals surface area contributed by atoms with E-state index in [1.165, 1.54) is 24.0 Å². The third-order valence-electron chi connectivity index (χ3n) is 4.32. The molecular weight excluding hydrogens is 282 g/mol. The van der Waals surface area contributed by atoms with E-state index in [0.717, 1.165) is 19.4 Å². The van der Waals surface area contributed by atoms with Crippen LogP contribution in [-0.2, 0) is 16.3 Å². The summed E-state index contributed by atoms with van der Waals surface area (Å²) in [5, 5.41) is 3.48. The fourth-order valence-corrected chi connectivity index (χ4v) is 4.98. The summed E-state index contributed by atoms with van der Waals surface area (Å²) in [5.41, 5.74) is 2.59. The van der Waals surface area contributed by atoms with Crippen LogP contribution >= 0.6 is 0 Å². The minimum absolute atomic E-state index is 0.160. The van der Waals surface area contributed by atoms with Crippen LogP contribution in [0.15, 0.2) is 24.3 Å². The van der Waals surface area contributed by atoms with Gasteiger partial charge in [-0.3, -0.25) is 0 Å². The predicted molar refractivity (Wildman–Crippen MR) is 88.2 cm³/mol. The van der Waals surface area contributed by atoms with Crippen molar-refractivity contribution in [2.24, 2.45) is 5.92 Å². The molecule has 4 heteroatoms. The van der Waals surface area contributed by atoms with E-state index in [1.807, 2.05) is 0 Å². The Hall–Kier alpha value is -0.870. The maximum Gasteiger partial charge on any atom is 0.150 e. The normalized spacial score (nSPS) is 22.3. The molecular formula is C17H27NO2S. The van der Waals surface area contributed by atoms with E-state index in [2.05, 4.69) is 43.4 Å². The molecule has 0 aromatic heterocycles. The summed E-state index contributed by atoms with van der Waals surface area (Å²) in [7, 11) is -2.83. The van der Waals surface area contributed by atoms with E-state index in [1.54, 1.807) is 0 Å².